The van der Waals surface area contributed by atoms with Crippen LogP contribution in [0.4, 0.5) is 0 Å². The second kappa shape index (κ2) is 28.3. The maximum absolute atomic E-state index is 12.6. The molecule has 3 aliphatic heterocycles. The van der Waals surface area contributed by atoms with Gasteiger partial charge in [-0.15, -0.1) is 0 Å². The first-order valence-electron chi connectivity index (χ1n) is 23.1. The lowest BCUT2D eigenvalue weighted by Gasteiger charge is -2.46. The molecule has 11 N–H and O–H groups in total. The van der Waals surface area contributed by atoms with Crippen LogP contribution >= 0.6 is 0 Å². The number of hydrogen-bond donors (Lipinski definition) is 11. The lowest BCUT2D eigenvalue weighted by Crippen LogP contribution is -2.62. The molecule has 0 aliphatic carbocycles. The van der Waals surface area contributed by atoms with Gasteiger partial charge in [-0.25, -0.2) is 0 Å². The molecule has 2 bridgehead atoms. The number of cyclic esters (lactones) is 1. The number of nitrogens with zero attached hydrogens (tertiary/aromatic N) is 1. The van der Waals surface area contributed by atoms with Crippen LogP contribution in [0.25, 0.3) is 0 Å². The van der Waals surface area contributed by atoms with Crippen LogP contribution in [0.1, 0.15) is 79.1 Å². The maximum Gasteiger partial charge on any atom is 0.311 e. The van der Waals surface area contributed by atoms with Crippen LogP contribution in [-0.4, -0.2) is 185 Å². The quantitative estimate of drug-likeness (QED) is 0.177. The van der Waals surface area contributed by atoms with Gasteiger partial charge in [0, 0.05) is 37.5 Å². The van der Waals surface area contributed by atoms with Crippen LogP contribution in [-0.2, 0) is 28.5 Å². The Balaban J connectivity index is 1.89. The van der Waals surface area contributed by atoms with Crippen molar-refractivity contribution in [2.24, 2.45) is 17.8 Å². The molecule has 0 aromatic rings. The average molecular weight is 952 g/mol. The van der Waals surface area contributed by atoms with E-state index in [9.17, 15) is 65.8 Å². The molecule has 0 aromatic heterocycles. The van der Waals surface area contributed by atoms with Crippen LogP contribution in [0, 0.1) is 17.8 Å². The molecule has 2 saturated heterocycles. The highest BCUT2D eigenvalue weighted by Gasteiger charge is 2.51. The van der Waals surface area contributed by atoms with E-state index in [0.717, 1.165) is 0 Å². The highest BCUT2D eigenvalue weighted by atomic mass is 16.7. The summed E-state index contributed by atoms with van der Waals surface area (Å²) in [6, 6.07) is -0.796. The Hall–Kier alpha value is -3.44. The summed E-state index contributed by atoms with van der Waals surface area (Å²) in [5.41, 5.74) is 0. The van der Waals surface area contributed by atoms with Gasteiger partial charge >= 0.3 is 11.9 Å². The second-order valence-corrected chi connectivity index (χ2v) is 18.4. The first-order valence-corrected chi connectivity index (χ1v) is 23.1. The summed E-state index contributed by atoms with van der Waals surface area (Å²) in [7, 11) is 3.34. The first-order chi connectivity index (χ1) is 31.5. The van der Waals surface area contributed by atoms with Gasteiger partial charge < -0.3 is 80.0 Å². The number of aliphatic hydroxyl groups excluding tert-OH is 9. The smallest absolute Gasteiger partial charge is 0.311 e. The van der Waals surface area contributed by atoms with Gasteiger partial charge in [-0.2, -0.15) is 0 Å². The normalized spacial score (nSPS) is 44.6. The number of carboxylic acids is 1. The number of carboxylic acid groups (broad SMARTS) is 1. The molecule has 0 spiro atoms. The van der Waals surface area contributed by atoms with E-state index in [4.69, 9.17) is 18.9 Å². The Morgan fingerprint density at radius 1 is 0.657 bits per heavy atom. The van der Waals surface area contributed by atoms with Gasteiger partial charge in [-0.05, 0) is 47.2 Å². The molecule has 0 radical (unpaired) electrons. The Morgan fingerprint density at radius 3 is 1.79 bits per heavy atom. The Morgan fingerprint density at radius 2 is 1.22 bits per heavy atom. The Bertz CT molecular complexity index is 1710. The molecule has 0 unspecified atom stereocenters. The SMILES string of the molecule is C[C@@H]1[C@H](O)[C@@H](C)/C=C/C=C/C=C/C=C/C=C/C=C/C=C/[C@H](O[C@@H]2O[C@@H](C)[C@@H](O)[C@H](N(C)C)[C@@H]2O)C[C@@H]2O[C@](O)(C[C@@H](O)C[C@@H](O)[C@H](O)CC[C@@H](O)C[C@@H](O)CC(=O)O[C@H]1C)C[C@H](O)[C@H]2C(=O)O. The summed E-state index contributed by atoms with van der Waals surface area (Å²) in [5.74, 6) is -6.79. The number of likely N-dealkylation sites (N-methyl/N-ethyl adjacent to an activating group) is 1. The number of ether oxygens (including phenoxy) is 4. The molecule has 2 fully saturated rings. The summed E-state index contributed by atoms with van der Waals surface area (Å²) in [5, 5.41) is 119. The van der Waals surface area contributed by atoms with Crippen molar-refractivity contribution in [3.63, 3.8) is 0 Å². The summed E-state index contributed by atoms with van der Waals surface area (Å²) >= 11 is 0. The molecule has 3 rings (SSSR count). The van der Waals surface area contributed by atoms with Gasteiger partial charge in [0.25, 0.3) is 0 Å². The van der Waals surface area contributed by atoms with Gasteiger partial charge in [-0.1, -0.05) is 98.9 Å². The van der Waals surface area contributed by atoms with Crippen LogP contribution in [0.2, 0.25) is 0 Å². The van der Waals surface area contributed by atoms with Crippen molar-refractivity contribution in [2.45, 2.75) is 177 Å². The monoisotopic (exact) mass is 952 g/mol. The molecule has 19 atom stereocenters. The van der Waals surface area contributed by atoms with Gasteiger partial charge in [-0.3, -0.25) is 9.59 Å². The lowest BCUT2D eigenvalue weighted by molar-refractivity contribution is -0.311. The standard InChI is InChI=1S/C49H77NO17/c1-29-19-17-15-13-11-9-7-8-10-12-14-16-18-20-36(66-48-46(60)43(50(5)6)45(59)32(4)65-48)26-40-42(47(61)62)39(56)28-49(63,67-40)27-35(53)24-38(55)37(54)22-21-33(51)23-34(52)25-41(57)64-31(3)30(2)44(29)58/h7-20,29-40,42-46,48,51-56,58-60,63H,21-28H2,1-6H3,(H,61,62)/b8-7+,11-9+,12-10+,15-13+,16-14+,19-17+,20-18+/t29-,30-,31-,32-,33+,34+,35-,36-,37+,38+,39-,40-,42+,43-,44+,45+,46-,48-,49+/m0/s1. The van der Waals surface area contributed by atoms with E-state index >= 15 is 0 Å². The molecule has 0 saturated carbocycles. The van der Waals surface area contributed by atoms with E-state index in [0.29, 0.717) is 0 Å². The van der Waals surface area contributed by atoms with E-state index in [-0.39, 0.29) is 31.6 Å². The van der Waals surface area contributed by atoms with Crippen molar-refractivity contribution in [1.82, 2.24) is 4.90 Å². The number of allylic oxidation sites excluding steroid dienone is 12. The topological polar surface area (TPSA) is 297 Å². The minimum atomic E-state index is -2.32. The van der Waals surface area contributed by atoms with Crippen LogP contribution in [0.15, 0.2) is 85.1 Å². The fourth-order valence-corrected chi connectivity index (χ4v) is 8.52. The summed E-state index contributed by atoms with van der Waals surface area (Å²) in [6.07, 6.45) is 4.23. The number of carbonyl (C=O) groups is 2. The maximum atomic E-state index is 12.6. The van der Waals surface area contributed by atoms with Crippen LogP contribution in [0.5, 0.6) is 0 Å². The molecule has 0 amide bonds. The average Bonchev–Trinajstić information content (AvgIpc) is 3.22. The second-order valence-electron chi connectivity index (χ2n) is 18.4. The fourth-order valence-electron chi connectivity index (χ4n) is 8.52. The molecule has 3 aliphatic rings. The predicted octanol–water partition coefficient (Wildman–Crippen LogP) is 1.31. The van der Waals surface area contributed by atoms with E-state index < -0.39 is 147 Å². The van der Waals surface area contributed by atoms with E-state index in [1.807, 2.05) is 37.3 Å². The third kappa shape index (κ3) is 19.1. The van der Waals surface area contributed by atoms with Crippen molar-refractivity contribution in [3.05, 3.63) is 85.1 Å². The van der Waals surface area contributed by atoms with E-state index in [2.05, 4.69) is 0 Å². The molecule has 0 aromatic carbocycles. The van der Waals surface area contributed by atoms with Crippen LogP contribution < -0.4 is 0 Å². The number of aliphatic carboxylic acids is 1. The molecular weight excluding hydrogens is 875 g/mol. The van der Waals surface area contributed by atoms with Crippen molar-refractivity contribution < 1.29 is 84.7 Å². The van der Waals surface area contributed by atoms with Gasteiger partial charge in [0.1, 0.15) is 18.1 Å². The third-order valence-corrected chi connectivity index (χ3v) is 12.5. The fraction of sp³-hybridized carbons (Fsp3) is 0.673. The van der Waals surface area contributed by atoms with Crippen LogP contribution in [0.3, 0.4) is 0 Å². The molecule has 380 valence electrons. The van der Waals surface area contributed by atoms with E-state index in [1.165, 1.54) is 0 Å². The van der Waals surface area contributed by atoms with Gasteiger partial charge in [0.2, 0.25) is 0 Å². The van der Waals surface area contributed by atoms with E-state index in [1.54, 1.807) is 94.5 Å². The van der Waals surface area contributed by atoms with Crippen molar-refractivity contribution >= 4 is 11.9 Å². The van der Waals surface area contributed by atoms with Gasteiger partial charge in [0.15, 0.2) is 12.1 Å². The number of esters is 1. The number of rotatable bonds is 4. The number of carbonyl (C=O) groups excluding carboxylic acids is 1. The van der Waals surface area contributed by atoms with Gasteiger partial charge in [0.05, 0.1) is 79.6 Å². The first kappa shape index (κ1) is 57.9. The van der Waals surface area contributed by atoms with Crippen molar-refractivity contribution in [3.8, 4) is 0 Å². The molecule has 3 heterocycles. The van der Waals surface area contributed by atoms with Crippen molar-refractivity contribution in [1.29, 1.82) is 0 Å². The molecule has 67 heavy (non-hydrogen) atoms. The lowest BCUT2D eigenvalue weighted by atomic mass is 9.82. The zero-order chi connectivity index (χ0) is 50.0. The zero-order valence-corrected chi connectivity index (χ0v) is 39.4. The number of aliphatic hydroxyl groups is 10. The molecule has 18 nitrogen and oxygen atoms in total. The molecular formula is C49H77NO17. The number of fused-ring (bicyclic) bond motifs is 2. The summed E-state index contributed by atoms with van der Waals surface area (Å²) in [6.45, 7) is 6.83. The minimum absolute atomic E-state index is 0.103. The third-order valence-electron chi connectivity index (χ3n) is 12.5. The largest absolute Gasteiger partial charge is 0.481 e. The minimum Gasteiger partial charge on any atom is -0.481 e. The van der Waals surface area contributed by atoms with Crippen molar-refractivity contribution in [2.75, 3.05) is 14.1 Å². The summed E-state index contributed by atoms with van der Waals surface area (Å²) in [4.78, 5) is 26.8. The zero-order valence-electron chi connectivity index (χ0n) is 39.4. The Labute approximate surface area is 394 Å². The Kier molecular flexibility index (Phi) is 24.4. The number of hydrogen-bond acceptors (Lipinski definition) is 17. The summed E-state index contributed by atoms with van der Waals surface area (Å²) < 4.78 is 23.5. The molecule has 18 heteroatoms. The highest BCUT2D eigenvalue weighted by molar-refractivity contribution is 5.71. The highest BCUT2D eigenvalue weighted by Crippen LogP contribution is 2.38. The predicted molar refractivity (Wildman–Crippen MR) is 246 cm³/mol.